The first-order chi connectivity index (χ1) is 18.5. The quantitative estimate of drug-likeness (QED) is 0.193. The second-order valence-electron chi connectivity index (χ2n) is 8.62. The molecular formula is C29H27ClN2O6. The van der Waals surface area contributed by atoms with Crippen LogP contribution in [0.25, 0.3) is 33.3 Å². The monoisotopic (exact) mass is 534 g/mol. The van der Waals surface area contributed by atoms with Crippen molar-refractivity contribution in [2.45, 2.75) is 19.4 Å². The summed E-state index contributed by atoms with van der Waals surface area (Å²) in [6.45, 7) is 1.25. The van der Waals surface area contributed by atoms with Crippen LogP contribution in [0.2, 0.25) is 5.28 Å². The lowest BCUT2D eigenvalue weighted by molar-refractivity contribution is 0.303. The Morgan fingerprint density at radius 2 is 1.68 bits per heavy atom. The van der Waals surface area contributed by atoms with Gasteiger partial charge >= 0.3 is 0 Å². The highest BCUT2D eigenvalue weighted by atomic mass is 35.5. The summed E-state index contributed by atoms with van der Waals surface area (Å²) in [4.78, 5) is 17.2. The van der Waals surface area contributed by atoms with Crippen LogP contribution in [-0.4, -0.2) is 37.5 Å². The molecule has 0 bridgehead atoms. The van der Waals surface area contributed by atoms with Crippen LogP contribution in [0.3, 0.4) is 0 Å². The molecule has 0 N–H and O–H groups in total. The second-order valence-corrected chi connectivity index (χ2v) is 8.96. The fourth-order valence-electron chi connectivity index (χ4n) is 4.41. The number of aromatic nitrogens is 2. The van der Waals surface area contributed by atoms with Crippen molar-refractivity contribution in [3.63, 3.8) is 0 Å². The lowest BCUT2D eigenvalue weighted by atomic mass is 10.1. The largest absolute Gasteiger partial charge is 0.493 e. The van der Waals surface area contributed by atoms with Gasteiger partial charge in [0.15, 0.2) is 16.9 Å². The molecule has 3 aromatic carbocycles. The Morgan fingerprint density at radius 1 is 0.921 bits per heavy atom. The van der Waals surface area contributed by atoms with Gasteiger partial charge in [-0.2, -0.15) is 0 Å². The zero-order valence-electron chi connectivity index (χ0n) is 21.3. The molecule has 2 heterocycles. The highest BCUT2D eigenvalue weighted by Gasteiger charge is 2.17. The van der Waals surface area contributed by atoms with Crippen LogP contribution < -0.4 is 24.4 Å². The Kier molecular flexibility index (Phi) is 7.42. The van der Waals surface area contributed by atoms with Gasteiger partial charge in [-0.3, -0.25) is 4.79 Å². The predicted octanol–water partition coefficient (Wildman–Crippen LogP) is 6.35. The minimum absolute atomic E-state index is 0.161. The van der Waals surface area contributed by atoms with Crippen LogP contribution in [0.15, 0.2) is 69.9 Å². The fraction of sp³-hybridized carbons (Fsp3) is 0.241. The molecule has 0 aliphatic heterocycles. The molecule has 0 spiro atoms. The Bertz CT molecular complexity index is 1630. The van der Waals surface area contributed by atoms with Gasteiger partial charge in [0.2, 0.25) is 11.0 Å². The number of hydrogen-bond donors (Lipinski definition) is 0. The SMILES string of the molecule is COc1cc(-c2cc(=O)c3ccc(OCCCCn4c(Cl)nc5ccccc54)cc3o2)cc(OC)c1OC. The number of halogens is 1. The van der Waals surface area contributed by atoms with E-state index in [0.717, 1.165) is 30.4 Å². The first-order valence-electron chi connectivity index (χ1n) is 12.1. The van der Waals surface area contributed by atoms with Crippen LogP contribution >= 0.6 is 11.6 Å². The number of ether oxygens (including phenoxy) is 4. The third-order valence-corrected chi connectivity index (χ3v) is 6.59. The number of benzene rings is 3. The van der Waals surface area contributed by atoms with Gasteiger partial charge in [-0.15, -0.1) is 0 Å². The maximum atomic E-state index is 12.8. The number of rotatable bonds is 10. The van der Waals surface area contributed by atoms with Gasteiger partial charge in [0.25, 0.3) is 0 Å². The molecule has 0 unspecified atom stereocenters. The second kappa shape index (κ2) is 11.1. The standard InChI is InChI=1S/C29H27ClN2O6/c1-34-26-14-18(15-27(35-2)28(26)36-3)24-17-23(33)20-11-10-19(16-25(20)38-24)37-13-7-6-12-32-22-9-5-4-8-21(22)31-29(32)30/h4-5,8-11,14-17H,6-7,12-13H2,1-3H3. The molecular weight excluding hydrogens is 508 g/mol. The van der Waals surface area contributed by atoms with Crippen molar-refractivity contribution in [1.29, 1.82) is 0 Å². The Labute approximate surface area is 224 Å². The summed E-state index contributed by atoms with van der Waals surface area (Å²) < 4.78 is 30.3. The number of fused-ring (bicyclic) bond motifs is 2. The Morgan fingerprint density at radius 3 is 2.42 bits per heavy atom. The molecule has 5 rings (SSSR count). The van der Waals surface area contributed by atoms with E-state index in [0.29, 0.717) is 57.2 Å². The first-order valence-corrected chi connectivity index (χ1v) is 12.5. The summed E-state index contributed by atoms with van der Waals surface area (Å²) in [6.07, 6.45) is 1.68. The van der Waals surface area contributed by atoms with Gasteiger partial charge in [-0.25, -0.2) is 4.98 Å². The lowest BCUT2D eigenvalue weighted by Crippen LogP contribution is -2.04. The fourth-order valence-corrected chi connectivity index (χ4v) is 4.68. The molecule has 8 nitrogen and oxygen atoms in total. The number of unbranched alkanes of at least 4 members (excludes halogenated alkanes) is 1. The van der Waals surface area contributed by atoms with E-state index >= 15 is 0 Å². The van der Waals surface area contributed by atoms with Gasteiger partial charge in [-0.05, 0) is 60.8 Å². The lowest BCUT2D eigenvalue weighted by Gasteiger charge is -2.14. The van der Waals surface area contributed by atoms with Crippen LogP contribution in [0.4, 0.5) is 0 Å². The average molecular weight is 535 g/mol. The van der Waals surface area contributed by atoms with Gasteiger partial charge in [-0.1, -0.05) is 12.1 Å². The zero-order valence-corrected chi connectivity index (χ0v) is 22.1. The molecule has 5 aromatic rings. The van der Waals surface area contributed by atoms with E-state index < -0.39 is 0 Å². The van der Waals surface area contributed by atoms with Crippen molar-refractivity contribution >= 4 is 33.6 Å². The minimum atomic E-state index is -0.161. The molecule has 0 radical (unpaired) electrons. The smallest absolute Gasteiger partial charge is 0.203 e. The summed E-state index contributed by atoms with van der Waals surface area (Å²) in [5.74, 6) is 2.39. The van der Waals surface area contributed by atoms with Gasteiger partial charge < -0.3 is 27.9 Å². The normalized spacial score (nSPS) is 11.2. The van der Waals surface area contributed by atoms with Crippen LogP contribution in [0.1, 0.15) is 12.8 Å². The number of methoxy groups -OCH3 is 3. The molecule has 0 saturated heterocycles. The summed E-state index contributed by atoms with van der Waals surface area (Å²) in [6, 6.07) is 18.0. The van der Waals surface area contributed by atoms with Crippen LogP contribution in [0, 0.1) is 0 Å². The molecule has 0 aliphatic rings. The predicted molar refractivity (Wildman–Crippen MR) is 147 cm³/mol. The van der Waals surface area contributed by atoms with Crippen molar-refractivity contribution in [3.05, 3.63) is 76.2 Å². The highest BCUT2D eigenvalue weighted by Crippen LogP contribution is 2.41. The van der Waals surface area contributed by atoms with E-state index in [1.54, 1.807) is 30.3 Å². The topological polar surface area (TPSA) is 85.0 Å². The summed E-state index contributed by atoms with van der Waals surface area (Å²) >= 11 is 6.31. The first kappa shape index (κ1) is 25.5. The number of para-hydroxylation sites is 2. The Balaban J connectivity index is 1.30. The van der Waals surface area contributed by atoms with Crippen LogP contribution in [-0.2, 0) is 6.54 Å². The van der Waals surface area contributed by atoms with E-state index in [1.165, 1.54) is 27.4 Å². The molecule has 9 heteroatoms. The van der Waals surface area contributed by atoms with Crippen molar-refractivity contribution in [2.24, 2.45) is 0 Å². The summed E-state index contributed by atoms with van der Waals surface area (Å²) in [7, 11) is 4.60. The molecule has 0 saturated carbocycles. The number of nitrogens with zero attached hydrogens (tertiary/aromatic N) is 2. The van der Waals surface area contributed by atoms with Crippen molar-refractivity contribution in [2.75, 3.05) is 27.9 Å². The number of imidazole rings is 1. The van der Waals surface area contributed by atoms with Gasteiger partial charge in [0.05, 0.1) is 44.4 Å². The molecule has 2 aromatic heterocycles. The average Bonchev–Trinajstić information content (AvgIpc) is 3.26. The van der Waals surface area contributed by atoms with E-state index in [-0.39, 0.29) is 5.43 Å². The third kappa shape index (κ3) is 4.99. The molecule has 0 aliphatic carbocycles. The third-order valence-electron chi connectivity index (χ3n) is 6.30. The zero-order chi connectivity index (χ0) is 26.6. The van der Waals surface area contributed by atoms with Crippen molar-refractivity contribution in [1.82, 2.24) is 9.55 Å². The number of hydrogen-bond acceptors (Lipinski definition) is 7. The molecule has 0 amide bonds. The maximum absolute atomic E-state index is 12.8. The molecule has 196 valence electrons. The van der Waals surface area contributed by atoms with E-state index in [4.69, 9.17) is 35.0 Å². The van der Waals surface area contributed by atoms with E-state index in [2.05, 4.69) is 4.98 Å². The molecule has 38 heavy (non-hydrogen) atoms. The van der Waals surface area contributed by atoms with Gasteiger partial charge in [0, 0.05) is 24.2 Å². The van der Waals surface area contributed by atoms with Crippen molar-refractivity contribution in [3.8, 4) is 34.3 Å². The molecule has 0 atom stereocenters. The Hall–Kier alpha value is -4.17. The number of aryl methyl sites for hydroxylation is 1. The van der Waals surface area contributed by atoms with Crippen LogP contribution in [0.5, 0.6) is 23.0 Å². The summed E-state index contributed by atoms with van der Waals surface area (Å²) in [5.41, 5.74) is 2.79. The maximum Gasteiger partial charge on any atom is 0.203 e. The molecule has 0 fully saturated rings. The van der Waals surface area contributed by atoms with E-state index in [1.807, 2.05) is 28.8 Å². The summed E-state index contributed by atoms with van der Waals surface area (Å²) in [5, 5.41) is 0.953. The van der Waals surface area contributed by atoms with Crippen molar-refractivity contribution < 1.29 is 23.4 Å². The minimum Gasteiger partial charge on any atom is -0.493 e. The highest BCUT2D eigenvalue weighted by molar-refractivity contribution is 6.29. The van der Waals surface area contributed by atoms with Gasteiger partial charge in [0.1, 0.15) is 17.1 Å². The van der Waals surface area contributed by atoms with E-state index in [9.17, 15) is 4.79 Å².